The number of amides is 1. The van der Waals surface area contributed by atoms with Gasteiger partial charge in [0.25, 0.3) is 0 Å². The van der Waals surface area contributed by atoms with Gasteiger partial charge >= 0.3 is 0 Å². The number of nitrogens with zero attached hydrogens (tertiary/aromatic N) is 1. The lowest BCUT2D eigenvalue weighted by molar-refractivity contribution is -0.126. The molecule has 22 heavy (non-hydrogen) atoms. The van der Waals surface area contributed by atoms with Crippen LogP contribution in [-0.2, 0) is 16.1 Å². The van der Waals surface area contributed by atoms with E-state index in [1.165, 1.54) is 7.11 Å². The Morgan fingerprint density at radius 1 is 1.41 bits per heavy atom. The molecular formula is C16H24N2O4. The highest BCUT2D eigenvalue weighted by Gasteiger charge is 2.29. The second kappa shape index (κ2) is 8.12. The largest absolute Gasteiger partial charge is 0.508 e. The third kappa shape index (κ3) is 4.69. The number of aliphatic hydroxyl groups is 1. The SMILES string of the molecule is COCC(=O)N[C@@H]1CN(Cc2ccc(O)cc2)CC[C@@H]1CO. The Balaban J connectivity index is 1.94. The van der Waals surface area contributed by atoms with Crippen LogP contribution >= 0.6 is 0 Å². The molecule has 0 radical (unpaired) electrons. The highest BCUT2D eigenvalue weighted by molar-refractivity contribution is 5.77. The summed E-state index contributed by atoms with van der Waals surface area (Å²) in [6, 6.07) is 7.07. The first kappa shape index (κ1) is 16.7. The summed E-state index contributed by atoms with van der Waals surface area (Å²) in [6.45, 7) is 2.44. The number of hydrogen-bond acceptors (Lipinski definition) is 5. The molecule has 1 heterocycles. The van der Waals surface area contributed by atoms with E-state index < -0.39 is 0 Å². The van der Waals surface area contributed by atoms with Crippen LogP contribution in [0.15, 0.2) is 24.3 Å². The minimum Gasteiger partial charge on any atom is -0.508 e. The fraction of sp³-hybridized carbons (Fsp3) is 0.562. The maximum Gasteiger partial charge on any atom is 0.246 e. The van der Waals surface area contributed by atoms with E-state index in [1.54, 1.807) is 12.1 Å². The fourth-order valence-electron chi connectivity index (χ4n) is 2.83. The van der Waals surface area contributed by atoms with Gasteiger partial charge in [0.1, 0.15) is 12.4 Å². The summed E-state index contributed by atoms with van der Waals surface area (Å²) < 4.78 is 4.84. The minimum absolute atomic E-state index is 0.0343. The van der Waals surface area contributed by atoms with Crippen molar-refractivity contribution in [2.75, 3.05) is 33.4 Å². The van der Waals surface area contributed by atoms with Gasteiger partial charge in [-0.3, -0.25) is 9.69 Å². The number of carbonyl (C=O) groups excluding carboxylic acids is 1. The molecule has 6 nitrogen and oxygen atoms in total. The van der Waals surface area contributed by atoms with Crippen molar-refractivity contribution in [1.29, 1.82) is 0 Å². The minimum atomic E-state index is -0.155. The summed E-state index contributed by atoms with van der Waals surface area (Å²) >= 11 is 0. The second-order valence-corrected chi connectivity index (χ2v) is 5.74. The molecule has 1 aliphatic heterocycles. The molecule has 1 saturated heterocycles. The zero-order valence-electron chi connectivity index (χ0n) is 12.9. The molecule has 1 aliphatic rings. The number of nitrogens with one attached hydrogen (secondary N) is 1. The summed E-state index contributed by atoms with van der Waals surface area (Å²) in [5.74, 6) is 0.182. The van der Waals surface area contributed by atoms with Gasteiger partial charge in [0, 0.05) is 38.8 Å². The van der Waals surface area contributed by atoms with Gasteiger partial charge in [-0.25, -0.2) is 0 Å². The molecule has 2 rings (SSSR count). The van der Waals surface area contributed by atoms with E-state index in [-0.39, 0.29) is 36.8 Å². The van der Waals surface area contributed by atoms with E-state index >= 15 is 0 Å². The number of phenolic OH excluding ortho intramolecular Hbond substituents is 1. The number of likely N-dealkylation sites (tertiary alicyclic amines) is 1. The number of carbonyl (C=O) groups is 1. The predicted octanol–water partition coefficient (Wildman–Crippen LogP) is 0.338. The number of piperidine rings is 1. The number of benzene rings is 1. The van der Waals surface area contributed by atoms with Gasteiger partial charge in [-0.15, -0.1) is 0 Å². The van der Waals surface area contributed by atoms with Crippen LogP contribution in [0.25, 0.3) is 0 Å². The molecule has 2 atom stereocenters. The molecule has 3 N–H and O–H groups in total. The zero-order chi connectivity index (χ0) is 15.9. The van der Waals surface area contributed by atoms with E-state index in [1.807, 2.05) is 12.1 Å². The highest BCUT2D eigenvalue weighted by Crippen LogP contribution is 2.20. The first-order valence-corrected chi connectivity index (χ1v) is 7.51. The van der Waals surface area contributed by atoms with Crippen molar-refractivity contribution in [1.82, 2.24) is 10.2 Å². The van der Waals surface area contributed by atoms with E-state index in [2.05, 4.69) is 10.2 Å². The van der Waals surface area contributed by atoms with Gasteiger partial charge in [0.05, 0.1) is 0 Å². The predicted molar refractivity (Wildman–Crippen MR) is 82.4 cm³/mol. The Morgan fingerprint density at radius 3 is 2.77 bits per heavy atom. The standard InChI is InChI=1S/C16H24N2O4/c1-22-11-16(21)17-15-9-18(7-6-13(15)10-19)8-12-2-4-14(20)5-3-12/h2-5,13,15,19-20H,6-11H2,1H3,(H,17,21)/t13-,15-/m1/s1. The van der Waals surface area contributed by atoms with Crippen molar-refractivity contribution in [2.24, 2.45) is 5.92 Å². The number of aromatic hydroxyl groups is 1. The third-order valence-electron chi connectivity index (χ3n) is 4.04. The molecule has 0 spiro atoms. The first-order valence-electron chi connectivity index (χ1n) is 7.51. The van der Waals surface area contributed by atoms with Crippen molar-refractivity contribution in [3.05, 3.63) is 29.8 Å². The van der Waals surface area contributed by atoms with Crippen LogP contribution in [-0.4, -0.2) is 60.5 Å². The number of rotatable bonds is 6. The first-order chi connectivity index (χ1) is 10.6. The number of hydrogen-bond donors (Lipinski definition) is 3. The summed E-state index contributed by atoms with van der Waals surface area (Å²) in [5, 5.41) is 21.7. The Morgan fingerprint density at radius 2 is 2.14 bits per heavy atom. The number of ether oxygens (including phenoxy) is 1. The summed E-state index contributed by atoms with van der Waals surface area (Å²) in [4.78, 5) is 14.0. The topological polar surface area (TPSA) is 82.0 Å². The molecular weight excluding hydrogens is 284 g/mol. The molecule has 0 unspecified atom stereocenters. The molecule has 0 aliphatic carbocycles. The summed E-state index contributed by atoms with van der Waals surface area (Å²) in [6.07, 6.45) is 0.840. The van der Waals surface area contributed by atoms with Crippen LogP contribution in [0, 0.1) is 5.92 Å². The average molecular weight is 308 g/mol. The molecule has 6 heteroatoms. The maximum absolute atomic E-state index is 11.7. The molecule has 0 saturated carbocycles. The summed E-state index contributed by atoms with van der Waals surface area (Å²) in [5.41, 5.74) is 1.11. The molecule has 1 aromatic rings. The van der Waals surface area contributed by atoms with Crippen LogP contribution in [0.4, 0.5) is 0 Å². The van der Waals surface area contributed by atoms with Crippen molar-refractivity contribution in [3.63, 3.8) is 0 Å². The quantitative estimate of drug-likeness (QED) is 0.706. The van der Waals surface area contributed by atoms with Gasteiger partial charge in [-0.1, -0.05) is 12.1 Å². The third-order valence-corrected chi connectivity index (χ3v) is 4.04. The fourth-order valence-corrected chi connectivity index (χ4v) is 2.83. The molecule has 1 amide bonds. The van der Waals surface area contributed by atoms with Crippen molar-refractivity contribution in [3.8, 4) is 5.75 Å². The Bertz CT molecular complexity index is 478. The Hall–Kier alpha value is -1.63. The molecule has 0 aromatic heterocycles. The Kier molecular flexibility index (Phi) is 6.18. The van der Waals surface area contributed by atoms with Crippen molar-refractivity contribution in [2.45, 2.75) is 19.0 Å². The van der Waals surface area contributed by atoms with E-state index in [0.717, 1.165) is 25.1 Å². The van der Waals surface area contributed by atoms with E-state index in [9.17, 15) is 15.0 Å². The molecule has 1 fully saturated rings. The van der Waals surface area contributed by atoms with Crippen LogP contribution in [0.2, 0.25) is 0 Å². The molecule has 0 bridgehead atoms. The van der Waals surface area contributed by atoms with Crippen LogP contribution in [0.1, 0.15) is 12.0 Å². The number of phenols is 1. The van der Waals surface area contributed by atoms with E-state index in [4.69, 9.17) is 4.74 Å². The van der Waals surface area contributed by atoms with Crippen molar-refractivity contribution >= 4 is 5.91 Å². The van der Waals surface area contributed by atoms with Gasteiger partial charge in [0.2, 0.25) is 5.91 Å². The van der Waals surface area contributed by atoms with Gasteiger partial charge in [-0.2, -0.15) is 0 Å². The van der Waals surface area contributed by atoms with Crippen LogP contribution in [0.3, 0.4) is 0 Å². The van der Waals surface area contributed by atoms with Crippen LogP contribution < -0.4 is 5.32 Å². The second-order valence-electron chi connectivity index (χ2n) is 5.74. The molecule has 1 aromatic carbocycles. The lowest BCUT2D eigenvalue weighted by Gasteiger charge is -2.38. The number of methoxy groups -OCH3 is 1. The normalized spacial score (nSPS) is 22.5. The van der Waals surface area contributed by atoms with Gasteiger partial charge in [0.15, 0.2) is 0 Å². The maximum atomic E-state index is 11.7. The van der Waals surface area contributed by atoms with Crippen molar-refractivity contribution < 1.29 is 19.7 Å². The lowest BCUT2D eigenvalue weighted by Crippen LogP contribution is -2.53. The average Bonchev–Trinajstić information content (AvgIpc) is 2.50. The van der Waals surface area contributed by atoms with Crippen LogP contribution in [0.5, 0.6) is 5.75 Å². The smallest absolute Gasteiger partial charge is 0.246 e. The Labute approximate surface area is 130 Å². The zero-order valence-corrected chi connectivity index (χ0v) is 12.9. The lowest BCUT2D eigenvalue weighted by atomic mass is 9.92. The molecule has 122 valence electrons. The monoisotopic (exact) mass is 308 g/mol. The van der Waals surface area contributed by atoms with E-state index in [0.29, 0.717) is 6.54 Å². The highest BCUT2D eigenvalue weighted by atomic mass is 16.5. The summed E-state index contributed by atoms with van der Waals surface area (Å²) in [7, 11) is 1.49. The van der Waals surface area contributed by atoms with Gasteiger partial charge in [-0.05, 0) is 30.7 Å². The number of aliphatic hydroxyl groups excluding tert-OH is 1. The van der Waals surface area contributed by atoms with Gasteiger partial charge < -0.3 is 20.3 Å².